The predicted octanol–water partition coefficient (Wildman–Crippen LogP) is 0.969. The van der Waals surface area contributed by atoms with Gasteiger partial charge in [-0.1, -0.05) is 19.4 Å². The van der Waals surface area contributed by atoms with Crippen LogP contribution in [-0.2, 0) is 14.3 Å². The number of rotatable bonds is 8. The highest BCUT2D eigenvalue weighted by Crippen LogP contribution is 2.09. The second kappa shape index (κ2) is 11.2. The third kappa shape index (κ3) is 11.6. The lowest BCUT2D eigenvalue weighted by Gasteiger charge is -1.99. The minimum atomic E-state index is -0.337. The lowest BCUT2D eigenvalue weighted by Crippen LogP contribution is -2.09. The summed E-state index contributed by atoms with van der Waals surface area (Å²) in [7, 11) is 0. The maximum atomic E-state index is 10.7. The van der Waals surface area contributed by atoms with Crippen molar-refractivity contribution in [2.45, 2.75) is 38.7 Å². The van der Waals surface area contributed by atoms with Crippen molar-refractivity contribution >= 4 is 5.97 Å². The number of carbonyl (C=O) groups excluding carboxylic acids is 1. The van der Waals surface area contributed by atoms with E-state index in [0.717, 1.165) is 25.9 Å². The summed E-state index contributed by atoms with van der Waals surface area (Å²) in [5, 5.41) is 0. The number of carbonyl (C=O) groups is 1. The summed E-state index contributed by atoms with van der Waals surface area (Å²) in [4.78, 5) is 10.7. The fraction of sp³-hybridized carbons (Fsp3) is 0.769. The van der Waals surface area contributed by atoms with E-state index in [0.29, 0.717) is 18.8 Å². The molecule has 18 heavy (non-hydrogen) atoms. The van der Waals surface area contributed by atoms with E-state index in [4.69, 9.17) is 20.9 Å². The number of esters is 1. The van der Waals surface area contributed by atoms with Gasteiger partial charge in [-0.15, -0.1) is 0 Å². The molecule has 1 unspecified atom stereocenters. The van der Waals surface area contributed by atoms with E-state index in [9.17, 15) is 4.79 Å². The van der Waals surface area contributed by atoms with Gasteiger partial charge < -0.3 is 20.9 Å². The SMILES string of the molecule is C=C(C)C(=O)OCC1CO1.NCCCCCCN. The van der Waals surface area contributed by atoms with Crippen LogP contribution < -0.4 is 11.5 Å². The van der Waals surface area contributed by atoms with Crippen LogP contribution >= 0.6 is 0 Å². The summed E-state index contributed by atoms with van der Waals surface area (Å²) < 4.78 is 9.60. The second-order valence-corrected chi connectivity index (χ2v) is 4.33. The van der Waals surface area contributed by atoms with Gasteiger partial charge in [0.2, 0.25) is 0 Å². The van der Waals surface area contributed by atoms with Crippen molar-refractivity contribution in [1.82, 2.24) is 0 Å². The molecule has 0 spiro atoms. The molecule has 1 fully saturated rings. The monoisotopic (exact) mass is 258 g/mol. The molecule has 1 saturated heterocycles. The first-order chi connectivity index (χ1) is 8.61. The molecule has 106 valence electrons. The van der Waals surface area contributed by atoms with E-state index < -0.39 is 0 Å². The molecular weight excluding hydrogens is 232 g/mol. The van der Waals surface area contributed by atoms with Crippen molar-refractivity contribution in [2.24, 2.45) is 11.5 Å². The molecular formula is C13H26N2O3. The van der Waals surface area contributed by atoms with Crippen molar-refractivity contribution in [3.8, 4) is 0 Å². The number of hydrogen-bond acceptors (Lipinski definition) is 5. The van der Waals surface area contributed by atoms with Crippen LogP contribution in [0.4, 0.5) is 0 Å². The van der Waals surface area contributed by atoms with E-state index in [1.807, 2.05) is 0 Å². The summed E-state index contributed by atoms with van der Waals surface area (Å²) in [6, 6.07) is 0. The Labute approximate surface area is 109 Å². The van der Waals surface area contributed by atoms with E-state index in [1.54, 1.807) is 6.92 Å². The average Bonchev–Trinajstić information content (AvgIpc) is 3.16. The molecule has 0 bridgehead atoms. The van der Waals surface area contributed by atoms with Crippen LogP contribution in [0.15, 0.2) is 12.2 Å². The molecule has 0 amide bonds. The summed E-state index contributed by atoms with van der Waals surface area (Å²) in [6.07, 6.45) is 4.93. The maximum Gasteiger partial charge on any atom is 0.333 e. The van der Waals surface area contributed by atoms with Gasteiger partial charge in [0.25, 0.3) is 0 Å². The van der Waals surface area contributed by atoms with Gasteiger partial charge in [-0.05, 0) is 32.9 Å². The van der Waals surface area contributed by atoms with Gasteiger partial charge in [0.15, 0.2) is 0 Å². The molecule has 0 saturated carbocycles. The van der Waals surface area contributed by atoms with Gasteiger partial charge in [0.1, 0.15) is 12.7 Å². The Kier molecular flexibility index (Phi) is 10.6. The van der Waals surface area contributed by atoms with Gasteiger partial charge in [-0.3, -0.25) is 0 Å². The Bertz CT molecular complexity index is 234. The fourth-order valence-corrected chi connectivity index (χ4v) is 1.10. The molecule has 1 aliphatic rings. The van der Waals surface area contributed by atoms with Crippen LogP contribution in [-0.4, -0.2) is 38.4 Å². The average molecular weight is 258 g/mol. The van der Waals surface area contributed by atoms with Crippen LogP contribution in [0.3, 0.4) is 0 Å². The van der Waals surface area contributed by atoms with Gasteiger partial charge in [0, 0.05) is 5.57 Å². The van der Waals surface area contributed by atoms with Crippen LogP contribution in [0.2, 0.25) is 0 Å². The van der Waals surface area contributed by atoms with E-state index in [2.05, 4.69) is 6.58 Å². The molecule has 0 radical (unpaired) electrons. The largest absolute Gasteiger partial charge is 0.459 e. The number of nitrogens with two attached hydrogens (primary N) is 2. The highest BCUT2D eigenvalue weighted by molar-refractivity contribution is 5.86. The normalized spacial score (nSPS) is 16.5. The van der Waals surface area contributed by atoms with Crippen molar-refractivity contribution in [2.75, 3.05) is 26.3 Å². The number of epoxide rings is 1. The second-order valence-electron chi connectivity index (χ2n) is 4.33. The lowest BCUT2D eigenvalue weighted by atomic mass is 10.2. The zero-order chi connectivity index (χ0) is 13.8. The molecule has 1 aliphatic heterocycles. The molecule has 0 aromatic rings. The van der Waals surface area contributed by atoms with Gasteiger partial charge in [-0.25, -0.2) is 4.79 Å². The van der Waals surface area contributed by atoms with E-state index in [1.165, 1.54) is 12.8 Å². The summed E-state index contributed by atoms with van der Waals surface area (Å²) in [5.74, 6) is -0.337. The Hall–Kier alpha value is -0.910. The quantitative estimate of drug-likeness (QED) is 0.293. The summed E-state index contributed by atoms with van der Waals surface area (Å²) in [6.45, 7) is 7.79. The molecule has 1 atom stereocenters. The molecule has 1 heterocycles. The fourth-order valence-electron chi connectivity index (χ4n) is 1.10. The van der Waals surface area contributed by atoms with Crippen molar-refractivity contribution in [1.29, 1.82) is 0 Å². The lowest BCUT2D eigenvalue weighted by molar-refractivity contribution is -0.139. The minimum absolute atomic E-state index is 0.142. The first-order valence-corrected chi connectivity index (χ1v) is 6.46. The standard InChI is InChI=1S/C7H10O3.C6H16N2/c1-5(2)7(8)10-4-6-3-9-6;7-5-3-1-2-4-6-8/h6H,1,3-4H2,2H3;1-8H2. The summed E-state index contributed by atoms with van der Waals surface area (Å²) >= 11 is 0. The molecule has 5 nitrogen and oxygen atoms in total. The predicted molar refractivity (Wildman–Crippen MR) is 72.1 cm³/mol. The zero-order valence-corrected chi connectivity index (χ0v) is 11.3. The maximum absolute atomic E-state index is 10.7. The minimum Gasteiger partial charge on any atom is -0.459 e. The topological polar surface area (TPSA) is 90.9 Å². The van der Waals surface area contributed by atoms with E-state index in [-0.39, 0.29) is 12.1 Å². The highest BCUT2D eigenvalue weighted by atomic mass is 16.6. The van der Waals surface area contributed by atoms with Crippen LogP contribution in [0.25, 0.3) is 0 Å². The Morgan fingerprint density at radius 3 is 2.11 bits per heavy atom. The van der Waals surface area contributed by atoms with Gasteiger partial charge in [0.05, 0.1) is 6.61 Å². The van der Waals surface area contributed by atoms with Crippen LogP contribution in [0, 0.1) is 0 Å². The smallest absolute Gasteiger partial charge is 0.333 e. The third-order valence-electron chi connectivity index (χ3n) is 2.31. The zero-order valence-electron chi connectivity index (χ0n) is 11.3. The molecule has 4 N–H and O–H groups in total. The van der Waals surface area contributed by atoms with Crippen LogP contribution in [0.1, 0.15) is 32.6 Å². The van der Waals surface area contributed by atoms with Crippen molar-refractivity contribution in [3.63, 3.8) is 0 Å². The number of unbranched alkanes of at least 4 members (excludes halogenated alkanes) is 3. The van der Waals surface area contributed by atoms with Crippen molar-refractivity contribution < 1.29 is 14.3 Å². The Morgan fingerprint density at radius 1 is 1.28 bits per heavy atom. The molecule has 0 aromatic heterocycles. The number of hydrogen-bond donors (Lipinski definition) is 2. The molecule has 1 rings (SSSR count). The molecule has 0 aromatic carbocycles. The van der Waals surface area contributed by atoms with Gasteiger partial charge in [-0.2, -0.15) is 0 Å². The van der Waals surface area contributed by atoms with E-state index >= 15 is 0 Å². The molecule has 0 aliphatic carbocycles. The van der Waals surface area contributed by atoms with Crippen molar-refractivity contribution in [3.05, 3.63) is 12.2 Å². The third-order valence-corrected chi connectivity index (χ3v) is 2.31. The van der Waals surface area contributed by atoms with Gasteiger partial charge >= 0.3 is 5.97 Å². The Balaban J connectivity index is 0.000000331. The Morgan fingerprint density at radius 2 is 1.78 bits per heavy atom. The highest BCUT2D eigenvalue weighted by Gasteiger charge is 2.24. The molecule has 5 heteroatoms. The van der Waals surface area contributed by atoms with Crippen LogP contribution in [0.5, 0.6) is 0 Å². The summed E-state index contributed by atoms with van der Waals surface area (Å²) in [5.41, 5.74) is 11.0. The first kappa shape index (κ1) is 17.1. The number of ether oxygens (including phenoxy) is 2. The first-order valence-electron chi connectivity index (χ1n) is 6.46.